The van der Waals surface area contributed by atoms with Gasteiger partial charge in [-0.2, -0.15) is 10.1 Å². The van der Waals surface area contributed by atoms with Crippen LogP contribution in [0.25, 0.3) is 11.1 Å². The van der Waals surface area contributed by atoms with Crippen molar-refractivity contribution in [1.29, 1.82) is 0 Å². The smallest absolute Gasteiger partial charge is 0.295 e. The molecule has 0 saturated carbocycles. The van der Waals surface area contributed by atoms with Crippen LogP contribution in [0, 0.1) is 5.92 Å². The number of anilines is 1. The third kappa shape index (κ3) is 2.95. The maximum absolute atomic E-state index is 11.3. The van der Waals surface area contributed by atoms with Crippen molar-refractivity contribution in [3.05, 3.63) is 23.8 Å². The highest BCUT2D eigenvalue weighted by atomic mass is 16.4. The van der Waals surface area contributed by atoms with E-state index in [-0.39, 0.29) is 11.8 Å². The van der Waals surface area contributed by atoms with Gasteiger partial charge in [0.25, 0.3) is 6.01 Å². The van der Waals surface area contributed by atoms with Crippen LogP contribution in [0.2, 0.25) is 0 Å². The molecule has 0 bridgehead atoms. The lowest BCUT2D eigenvalue weighted by Crippen LogP contribution is -2.31. The normalized spacial score (nSPS) is 18.2. The fourth-order valence-corrected chi connectivity index (χ4v) is 2.54. The van der Waals surface area contributed by atoms with Gasteiger partial charge in [-0.15, -0.1) is 0 Å². The average molecular weight is 300 g/mol. The number of fused-ring (bicyclic) bond motifs is 1. The molecule has 0 aliphatic carbocycles. The molecule has 1 aromatic heterocycles. The van der Waals surface area contributed by atoms with E-state index in [1.54, 1.807) is 0 Å². The molecule has 1 atom stereocenters. The Balaban J connectivity index is 1.85. The van der Waals surface area contributed by atoms with E-state index in [0.717, 1.165) is 41.8 Å². The number of aromatic nitrogens is 1. The summed E-state index contributed by atoms with van der Waals surface area (Å²) in [5.41, 5.74) is 5.93. The number of amides is 1. The third-order valence-electron chi connectivity index (χ3n) is 3.75. The van der Waals surface area contributed by atoms with E-state index in [4.69, 9.17) is 4.42 Å². The Morgan fingerprint density at radius 1 is 1.45 bits per heavy atom. The van der Waals surface area contributed by atoms with Crippen molar-refractivity contribution in [2.75, 3.05) is 11.9 Å². The molecule has 0 saturated heterocycles. The summed E-state index contributed by atoms with van der Waals surface area (Å²) in [5, 5.41) is 7.36. The van der Waals surface area contributed by atoms with Crippen molar-refractivity contribution < 1.29 is 9.21 Å². The molecule has 2 N–H and O–H groups in total. The minimum Gasteiger partial charge on any atom is -0.424 e. The minimum absolute atomic E-state index is 0.0406. The summed E-state index contributed by atoms with van der Waals surface area (Å²) in [7, 11) is 0. The molecular formula is C16H20N4O2. The van der Waals surface area contributed by atoms with Crippen LogP contribution in [0.5, 0.6) is 0 Å². The van der Waals surface area contributed by atoms with E-state index >= 15 is 0 Å². The van der Waals surface area contributed by atoms with Gasteiger partial charge >= 0.3 is 0 Å². The fraction of sp³-hybridized carbons (Fsp3) is 0.438. The quantitative estimate of drug-likeness (QED) is 0.832. The number of nitrogens with one attached hydrogen (secondary N) is 2. The summed E-state index contributed by atoms with van der Waals surface area (Å²) < 4.78 is 5.67. The number of carbonyl (C=O) groups excluding carboxylic acids is 1. The Morgan fingerprint density at radius 2 is 2.32 bits per heavy atom. The highest BCUT2D eigenvalue weighted by molar-refractivity contribution is 6.07. The number of nitrogens with zero attached hydrogens (tertiary/aromatic N) is 2. The summed E-state index contributed by atoms with van der Waals surface area (Å²) in [4.78, 5) is 15.8. The Kier molecular flexibility index (Phi) is 4.09. The number of carbonyl (C=O) groups is 1. The third-order valence-corrected chi connectivity index (χ3v) is 3.75. The molecule has 1 aromatic carbocycles. The second kappa shape index (κ2) is 6.17. The van der Waals surface area contributed by atoms with Crippen LogP contribution in [0.4, 0.5) is 6.01 Å². The van der Waals surface area contributed by atoms with Gasteiger partial charge in [0.2, 0.25) is 5.91 Å². The predicted octanol–water partition coefficient (Wildman–Crippen LogP) is 2.90. The maximum Gasteiger partial charge on any atom is 0.295 e. The summed E-state index contributed by atoms with van der Waals surface area (Å²) in [5.74, 6) is 0.0569. The number of benzene rings is 1. The number of hydrogen-bond donors (Lipinski definition) is 2. The molecule has 116 valence electrons. The molecule has 22 heavy (non-hydrogen) atoms. The molecule has 3 rings (SSSR count). The topological polar surface area (TPSA) is 79.5 Å². The van der Waals surface area contributed by atoms with Gasteiger partial charge in [-0.25, -0.2) is 5.43 Å². The van der Waals surface area contributed by atoms with Crippen molar-refractivity contribution >= 4 is 28.7 Å². The van der Waals surface area contributed by atoms with Gasteiger partial charge in [0, 0.05) is 24.4 Å². The highest BCUT2D eigenvalue weighted by Gasteiger charge is 2.22. The Morgan fingerprint density at radius 3 is 3.09 bits per heavy atom. The summed E-state index contributed by atoms with van der Waals surface area (Å²) in [6.07, 6.45) is 2.66. The van der Waals surface area contributed by atoms with E-state index in [1.165, 1.54) is 0 Å². The monoisotopic (exact) mass is 300 g/mol. The summed E-state index contributed by atoms with van der Waals surface area (Å²) >= 11 is 0. The summed E-state index contributed by atoms with van der Waals surface area (Å²) in [6.45, 7) is 5.00. The minimum atomic E-state index is -0.0406. The van der Waals surface area contributed by atoms with E-state index in [0.29, 0.717) is 12.4 Å². The van der Waals surface area contributed by atoms with Crippen LogP contribution >= 0.6 is 0 Å². The van der Waals surface area contributed by atoms with E-state index < -0.39 is 0 Å². The first-order valence-electron chi connectivity index (χ1n) is 7.68. The molecule has 6 heteroatoms. The van der Waals surface area contributed by atoms with E-state index in [2.05, 4.69) is 27.8 Å². The SMILES string of the molecule is CCCCNc1nc2cc(C3=NNC(=O)CC3C)ccc2o1. The zero-order valence-electron chi connectivity index (χ0n) is 12.8. The van der Waals surface area contributed by atoms with Crippen LogP contribution < -0.4 is 10.7 Å². The molecule has 0 spiro atoms. The molecule has 2 aromatic rings. The fourth-order valence-electron chi connectivity index (χ4n) is 2.54. The maximum atomic E-state index is 11.3. The number of unbranched alkanes of at least 4 members (excludes halogenated alkanes) is 1. The lowest BCUT2D eigenvalue weighted by atomic mass is 9.94. The van der Waals surface area contributed by atoms with Gasteiger partial charge in [-0.05, 0) is 24.6 Å². The van der Waals surface area contributed by atoms with Crippen molar-refractivity contribution in [1.82, 2.24) is 10.4 Å². The first-order valence-corrected chi connectivity index (χ1v) is 7.68. The van der Waals surface area contributed by atoms with Gasteiger partial charge in [0.05, 0.1) is 5.71 Å². The first kappa shape index (κ1) is 14.6. The van der Waals surface area contributed by atoms with Gasteiger partial charge in [0.15, 0.2) is 5.58 Å². The number of rotatable bonds is 5. The van der Waals surface area contributed by atoms with Gasteiger partial charge in [-0.1, -0.05) is 20.3 Å². The van der Waals surface area contributed by atoms with Gasteiger partial charge in [0.1, 0.15) is 5.52 Å². The molecule has 1 amide bonds. The van der Waals surface area contributed by atoms with Crippen molar-refractivity contribution in [3.8, 4) is 0 Å². The molecule has 1 unspecified atom stereocenters. The van der Waals surface area contributed by atoms with Crippen molar-refractivity contribution in [2.45, 2.75) is 33.1 Å². The first-order chi connectivity index (χ1) is 10.7. The van der Waals surface area contributed by atoms with Crippen LogP contribution in [0.1, 0.15) is 38.7 Å². The lowest BCUT2D eigenvalue weighted by molar-refractivity contribution is -0.121. The second-order valence-corrected chi connectivity index (χ2v) is 5.62. The zero-order chi connectivity index (χ0) is 15.5. The second-order valence-electron chi connectivity index (χ2n) is 5.62. The van der Waals surface area contributed by atoms with Crippen LogP contribution in [0.3, 0.4) is 0 Å². The molecular weight excluding hydrogens is 280 g/mol. The largest absolute Gasteiger partial charge is 0.424 e. The van der Waals surface area contributed by atoms with Gasteiger partial charge in [-0.3, -0.25) is 4.79 Å². The molecule has 0 fully saturated rings. The van der Waals surface area contributed by atoms with Crippen molar-refractivity contribution in [3.63, 3.8) is 0 Å². The number of oxazole rings is 1. The van der Waals surface area contributed by atoms with Crippen molar-refractivity contribution in [2.24, 2.45) is 11.0 Å². The number of hydrogen-bond acceptors (Lipinski definition) is 5. The average Bonchev–Trinajstić information content (AvgIpc) is 2.89. The lowest BCUT2D eigenvalue weighted by Gasteiger charge is -2.18. The molecule has 2 heterocycles. The van der Waals surface area contributed by atoms with E-state index in [9.17, 15) is 4.79 Å². The molecule has 1 aliphatic heterocycles. The predicted molar refractivity (Wildman–Crippen MR) is 85.9 cm³/mol. The Hall–Kier alpha value is -2.37. The molecule has 0 radical (unpaired) electrons. The van der Waals surface area contributed by atoms with E-state index in [1.807, 2.05) is 25.1 Å². The molecule has 1 aliphatic rings. The van der Waals surface area contributed by atoms with Gasteiger partial charge < -0.3 is 9.73 Å². The number of hydrazone groups is 1. The van der Waals surface area contributed by atoms with Crippen LogP contribution in [-0.4, -0.2) is 23.1 Å². The summed E-state index contributed by atoms with van der Waals surface area (Å²) in [6, 6.07) is 6.36. The highest BCUT2D eigenvalue weighted by Crippen LogP contribution is 2.23. The Labute approximate surface area is 129 Å². The Bertz CT molecular complexity index is 720. The molecule has 6 nitrogen and oxygen atoms in total. The standard InChI is InChI=1S/C16H20N4O2/c1-3-4-7-17-16-18-12-9-11(5-6-13(12)22-16)15-10(2)8-14(21)19-20-15/h5-6,9-10H,3-4,7-8H2,1-2H3,(H,17,18)(H,19,21). The van der Waals surface area contributed by atoms with Crippen LogP contribution in [-0.2, 0) is 4.79 Å². The van der Waals surface area contributed by atoms with Crippen LogP contribution in [0.15, 0.2) is 27.7 Å². The zero-order valence-corrected chi connectivity index (χ0v) is 12.8.